The number of aromatic amines is 1. The van der Waals surface area contributed by atoms with Crippen LogP contribution < -0.4 is 10.1 Å². The van der Waals surface area contributed by atoms with Crippen LogP contribution in [0.2, 0.25) is 0 Å². The van der Waals surface area contributed by atoms with Crippen LogP contribution in [0.25, 0.3) is 21.8 Å². The Balaban J connectivity index is 1.45. The zero-order valence-corrected chi connectivity index (χ0v) is 18.5. The molecule has 5 rings (SSSR count). The van der Waals surface area contributed by atoms with Gasteiger partial charge in [-0.25, -0.2) is 4.98 Å². The maximum absolute atomic E-state index is 13.1. The average molecular weight is 436 g/mol. The number of methoxy groups -OCH3 is 1. The predicted octanol–water partition coefficient (Wildman–Crippen LogP) is 5.44. The molecule has 5 heteroatoms. The number of ether oxygens (including phenoxy) is 1. The lowest BCUT2D eigenvalue weighted by molar-refractivity contribution is 0.0946. The minimum atomic E-state index is -0.182. The van der Waals surface area contributed by atoms with Crippen molar-refractivity contribution < 1.29 is 9.53 Å². The standard InChI is InChI=1S/C28H25N3O2/c1-33-21-14-11-20(12-15-21)18-29-28(32)26-17-23-22-9-5-6-10-24(22)31-27(23)25(30-26)16-13-19-7-3-2-4-8-19/h2-12,14-15,17,31H,13,16,18H2,1H3,(H,29,32). The highest BCUT2D eigenvalue weighted by Gasteiger charge is 2.16. The van der Waals surface area contributed by atoms with Gasteiger partial charge in [0.1, 0.15) is 11.4 Å². The Morgan fingerprint density at radius 1 is 0.879 bits per heavy atom. The number of aryl methyl sites for hydroxylation is 2. The fourth-order valence-corrected chi connectivity index (χ4v) is 4.13. The normalized spacial score (nSPS) is 11.1. The van der Waals surface area contributed by atoms with E-state index in [0.29, 0.717) is 12.2 Å². The first-order valence-corrected chi connectivity index (χ1v) is 11.1. The van der Waals surface area contributed by atoms with Crippen LogP contribution in [0, 0.1) is 0 Å². The van der Waals surface area contributed by atoms with Crippen molar-refractivity contribution in [2.75, 3.05) is 7.11 Å². The molecule has 0 aliphatic heterocycles. The molecule has 0 spiro atoms. The summed E-state index contributed by atoms with van der Waals surface area (Å²) in [4.78, 5) is 21.4. The Labute approximate surface area is 192 Å². The van der Waals surface area contributed by atoms with Crippen molar-refractivity contribution in [3.05, 3.63) is 107 Å². The topological polar surface area (TPSA) is 67.0 Å². The van der Waals surface area contributed by atoms with Crippen molar-refractivity contribution in [3.8, 4) is 5.75 Å². The van der Waals surface area contributed by atoms with E-state index in [-0.39, 0.29) is 5.91 Å². The number of amides is 1. The molecular formula is C28H25N3O2. The first-order valence-electron chi connectivity index (χ1n) is 11.1. The maximum atomic E-state index is 13.1. The van der Waals surface area contributed by atoms with E-state index in [1.54, 1.807) is 7.11 Å². The second-order valence-electron chi connectivity index (χ2n) is 8.06. The van der Waals surface area contributed by atoms with Crippen LogP contribution in [-0.4, -0.2) is 23.0 Å². The molecule has 0 radical (unpaired) electrons. The number of pyridine rings is 1. The molecule has 5 nitrogen and oxygen atoms in total. The van der Waals surface area contributed by atoms with E-state index in [4.69, 9.17) is 9.72 Å². The number of carbonyl (C=O) groups is 1. The average Bonchev–Trinajstić information content (AvgIpc) is 3.25. The van der Waals surface area contributed by atoms with Crippen LogP contribution in [0.1, 0.15) is 27.3 Å². The van der Waals surface area contributed by atoms with E-state index in [0.717, 1.165) is 51.7 Å². The van der Waals surface area contributed by atoms with Crippen molar-refractivity contribution >= 4 is 27.7 Å². The van der Waals surface area contributed by atoms with Crippen LogP contribution in [0.4, 0.5) is 0 Å². The molecule has 164 valence electrons. The lowest BCUT2D eigenvalue weighted by Gasteiger charge is -2.09. The van der Waals surface area contributed by atoms with Crippen molar-refractivity contribution in [3.63, 3.8) is 0 Å². The lowest BCUT2D eigenvalue weighted by atomic mass is 10.1. The molecular weight excluding hydrogens is 410 g/mol. The van der Waals surface area contributed by atoms with Gasteiger partial charge in [-0.05, 0) is 48.2 Å². The summed E-state index contributed by atoms with van der Waals surface area (Å²) in [5.41, 5.74) is 5.63. The molecule has 33 heavy (non-hydrogen) atoms. The molecule has 0 saturated heterocycles. The van der Waals surface area contributed by atoms with Gasteiger partial charge in [0.2, 0.25) is 0 Å². The summed E-state index contributed by atoms with van der Waals surface area (Å²) in [5, 5.41) is 5.13. The van der Waals surface area contributed by atoms with Gasteiger partial charge in [0.25, 0.3) is 5.91 Å². The highest BCUT2D eigenvalue weighted by atomic mass is 16.5. The van der Waals surface area contributed by atoms with E-state index in [2.05, 4.69) is 34.6 Å². The molecule has 1 amide bonds. The van der Waals surface area contributed by atoms with Gasteiger partial charge in [-0.15, -0.1) is 0 Å². The summed E-state index contributed by atoms with van der Waals surface area (Å²) in [6.07, 6.45) is 1.60. The smallest absolute Gasteiger partial charge is 0.270 e. The van der Waals surface area contributed by atoms with Crippen LogP contribution >= 0.6 is 0 Å². The molecule has 0 atom stereocenters. The largest absolute Gasteiger partial charge is 0.497 e. The van der Waals surface area contributed by atoms with Gasteiger partial charge in [-0.2, -0.15) is 0 Å². The fourth-order valence-electron chi connectivity index (χ4n) is 4.13. The molecule has 3 aromatic carbocycles. The van der Waals surface area contributed by atoms with Gasteiger partial charge in [0.15, 0.2) is 0 Å². The third-order valence-electron chi connectivity index (χ3n) is 5.91. The van der Waals surface area contributed by atoms with Crippen LogP contribution in [0.5, 0.6) is 5.75 Å². The minimum Gasteiger partial charge on any atom is -0.497 e. The quantitative estimate of drug-likeness (QED) is 0.358. The fraction of sp³-hybridized carbons (Fsp3) is 0.143. The van der Waals surface area contributed by atoms with Crippen molar-refractivity contribution in [2.24, 2.45) is 0 Å². The van der Waals surface area contributed by atoms with E-state index in [1.165, 1.54) is 5.56 Å². The van der Waals surface area contributed by atoms with E-state index < -0.39 is 0 Å². The first-order chi connectivity index (χ1) is 16.2. The van der Waals surface area contributed by atoms with Crippen molar-refractivity contribution in [2.45, 2.75) is 19.4 Å². The molecule has 2 N–H and O–H groups in total. The minimum absolute atomic E-state index is 0.182. The summed E-state index contributed by atoms with van der Waals surface area (Å²) >= 11 is 0. The number of benzene rings is 3. The number of para-hydroxylation sites is 1. The third-order valence-corrected chi connectivity index (χ3v) is 5.91. The second-order valence-corrected chi connectivity index (χ2v) is 8.06. The Hall–Kier alpha value is -4.12. The number of hydrogen-bond acceptors (Lipinski definition) is 3. The summed E-state index contributed by atoms with van der Waals surface area (Å²) < 4.78 is 5.20. The lowest BCUT2D eigenvalue weighted by Crippen LogP contribution is -2.24. The van der Waals surface area contributed by atoms with Crippen LogP contribution in [-0.2, 0) is 19.4 Å². The van der Waals surface area contributed by atoms with Gasteiger partial charge >= 0.3 is 0 Å². The molecule has 0 unspecified atom stereocenters. The Bertz CT molecular complexity index is 1410. The van der Waals surface area contributed by atoms with Gasteiger partial charge in [0, 0.05) is 22.8 Å². The SMILES string of the molecule is COc1ccc(CNC(=O)c2cc3c([nH]c4ccccc43)c(CCc3ccccc3)n2)cc1. The maximum Gasteiger partial charge on any atom is 0.270 e. The number of nitrogens with zero attached hydrogens (tertiary/aromatic N) is 1. The highest BCUT2D eigenvalue weighted by molar-refractivity contribution is 6.10. The van der Waals surface area contributed by atoms with Gasteiger partial charge in [-0.3, -0.25) is 4.79 Å². The summed E-state index contributed by atoms with van der Waals surface area (Å²) in [6.45, 7) is 0.426. The molecule has 0 aliphatic carbocycles. The second kappa shape index (κ2) is 9.17. The van der Waals surface area contributed by atoms with Crippen molar-refractivity contribution in [1.82, 2.24) is 15.3 Å². The van der Waals surface area contributed by atoms with E-state index >= 15 is 0 Å². The van der Waals surface area contributed by atoms with Crippen LogP contribution in [0.15, 0.2) is 84.9 Å². The molecule has 5 aromatic rings. The number of nitrogens with one attached hydrogen (secondary N) is 2. The van der Waals surface area contributed by atoms with Gasteiger partial charge in [0.05, 0.1) is 18.3 Å². The number of carbonyl (C=O) groups excluding carboxylic acids is 1. The molecule has 0 saturated carbocycles. The van der Waals surface area contributed by atoms with Gasteiger partial charge in [-0.1, -0.05) is 60.7 Å². The molecule has 2 heterocycles. The molecule has 0 bridgehead atoms. The Morgan fingerprint density at radius 3 is 2.42 bits per heavy atom. The third kappa shape index (κ3) is 4.44. The summed E-state index contributed by atoms with van der Waals surface area (Å²) in [7, 11) is 1.64. The van der Waals surface area contributed by atoms with E-state index in [9.17, 15) is 4.79 Å². The molecule has 2 aromatic heterocycles. The predicted molar refractivity (Wildman–Crippen MR) is 132 cm³/mol. The number of aromatic nitrogens is 2. The zero-order valence-electron chi connectivity index (χ0n) is 18.5. The zero-order chi connectivity index (χ0) is 22.6. The van der Waals surface area contributed by atoms with E-state index in [1.807, 2.05) is 60.7 Å². The Kier molecular flexibility index (Phi) is 5.77. The molecule has 0 fully saturated rings. The van der Waals surface area contributed by atoms with Crippen molar-refractivity contribution in [1.29, 1.82) is 0 Å². The number of rotatable bonds is 7. The molecule has 0 aliphatic rings. The number of hydrogen-bond donors (Lipinski definition) is 2. The number of fused-ring (bicyclic) bond motifs is 3. The summed E-state index contributed by atoms with van der Waals surface area (Å²) in [6, 6.07) is 28.1. The number of H-pyrrole nitrogens is 1. The highest BCUT2D eigenvalue weighted by Crippen LogP contribution is 2.28. The summed E-state index contributed by atoms with van der Waals surface area (Å²) in [5.74, 6) is 0.610. The monoisotopic (exact) mass is 435 g/mol. The Morgan fingerprint density at radius 2 is 1.64 bits per heavy atom. The first kappa shape index (κ1) is 20.8. The van der Waals surface area contributed by atoms with Gasteiger partial charge < -0.3 is 15.0 Å². The van der Waals surface area contributed by atoms with Crippen LogP contribution in [0.3, 0.4) is 0 Å².